The molecule has 0 radical (unpaired) electrons. The quantitative estimate of drug-likeness (QED) is 0.634. The number of aromatic amines is 1. The van der Waals surface area contributed by atoms with E-state index < -0.39 is 17.6 Å². The number of carbonyl (C=O) groups is 2. The zero-order valence-corrected chi connectivity index (χ0v) is 10.2. The average Bonchev–Trinajstić information content (AvgIpc) is 2.28. The fourth-order valence-corrected chi connectivity index (χ4v) is 1.54. The highest BCUT2D eigenvalue weighted by molar-refractivity contribution is 5.84. The van der Waals surface area contributed by atoms with Gasteiger partial charge in [-0.05, 0) is 6.07 Å². The minimum atomic E-state index is -0.566. The molecule has 19 heavy (non-hydrogen) atoms. The Kier molecular flexibility index (Phi) is 3.28. The van der Waals surface area contributed by atoms with Crippen molar-refractivity contribution in [2.75, 3.05) is 0 Å². The maximum atomic E-state index is 11.1. The van der Waals surface area contributed by atoms with Crippen LogP contribution in [0.25, 0.3) is 10.9 Å². The van der Waals surface area contributed by atoms with E-state index in [1.54, 1.807) is 0 Å². The maximum Gasteiger partial charge on any atom is 0.345 e. The highest BCUT2D eigenvalue weighted by Gasteiger charge is 2.12. The van der Waals surface area contributed by atoms with E-state index in [2.05, 4.69) is 9.97 Å². The molecule has 1 N–H and O–H groups in total. The normalized spacial score (nSPS) is 10.2. The number of fused-ring (bicyclic) bond motifs is 1. The number of H-pyrrole nitrogens is 1. The predicted octanol–water partition coefficient (Wildman–Crippen LogP) is 0.774. The van der Waals surface area contributed by atoms with Crippen molar-refractivity contribution < 1.29 is 19.1 Å². The van der Waals surface area contributed by atoms with Crippen molar-refractivity contribution in [3.8, 4) is 11.5 Å². The lowest BCUT2D eigenvalue weighted by molar-refractivity contribution is -0.134. The standard InChI is InChI=1S/C12H10N2O5/c1-6(15)18-10-3-8-5-13-12(17)14-9(8)4-11(10)19-7(2)16/h3-5H,1-2H3,(H,13,14,17). The molecule has 98 valence electrons. The monoisotopic (exact) mass is 262 g/mol. The molecule has 0 fully saturated rings. The van der Waals surface area contributed by atoms with Crippen LogP contribution in [0.15, 0.2) is 23.1 Å². The maximum absolute atomic E-state index is 11.1. The molecular formula is C12H10N2O5. The Morgan fingerprint density at radius 2 is 1.68 bits per heavy atom. The lowest BCUT2D eigenvalue weighted by Gasteiger charge is -2.09. The molecule has 0 bridgehead atoms. The van der Waals surface area contributed by atoms with Crippen LogP contribution in [0.4, 0.5) is 0 Å². The number of benzene rings is 1. The number of hydrogen-bond donors (Lipinski definition) is 1. The van der Waals surface area contributed by atoms with E-state index >= 15 is 0 Å². The van der Waals surface area contributed by atoms with Crippen molar-refractivity contribution in [2.45, 2.75) is 13.8 Å². The summed E-state index contributed by atoms with van der Waals surface area (Å²) in [5, 5.41) is 0.548. The number of ether oxygens (including phenoxy) is 2. The van der Waals surface area contributed by atoms with Gasteiger partial charge >= 0.3 is 17.6 Å². The molecule has 1 aromatic heterocycles. The van der Waals surface area contributed by atoms with Crippen LogP contribution < -0.4 is 15.2 Å². The number of carbonyl (C=O) groups excluding carboxylic acids is 2. The van der Waals surface area contributed by atoms with Gasteiger partial charge in [0.2, 0.25) is 0 Å². The number of nitrogens with zero attached hydrogens (tertiary/aromatic N) is 1. The summed E-state index contributed by atoms with van der Waals surface area (Å²) in [6, 6.07) is 2.86. The molecule has 7 nitrogen and oxygen atoms in total. The van der Waals surface area contributed by atoms with Gasteiger partial charge in [0.1, 0.15) is 0 Å². The van der Waals surface area contributed by atoms with E-state index in [4.69, 9.17) is 9.47 Å². The topological polar surface area (TPSA) is 98.3 Å². The van der Waals surface area contributed by atoms with Gasteiger partial charge in [0.25, 0.3) is 0 Å². The van der Waals surface area contributed by atoms with Crippen LogP contribution in [-0.2, 0) is 9.59 Å². The molecule has 1 aromatic carbocycles. The second-order valence-corrected chi connectivity index (χ2v) is 3.76. The summed E-state index contributed by atoms with van der Waals surface area (Å²) in [5.74, 6) is -0.976. The van der Waals surface area contributed by atoms with Crippen LogP contribution in [0.1, 0.15) is 13.8 Å². The molecule has 0 unspecified atom stereocenters. The van der Waals surface area contributed by atoms with Gasteiger partial charge in [-0.25, -0.2) is 9.78 Å². The first-order chi connectivity index (χ1) is 8.95. The molecule has 0 aliphatic heterocycles. The first-order valence-electron chi connectivity index (χ1n) is 5.35. The van der Waals surface area contributed by atoms with Crippen LogP contribution in [-0.4, -0.2) is 21.9 Å². The fourth-order valence-electron chi connectivity index (χ4n) is 1.54. The summed E-state index contributed by atoms with van der Waals surface area (Å²) in [6.45, 7) is 2.45. The van der Waals surface area contributed by atoms with Crippen molar-refractivity contribution in [3.63, 3.8) is 0 Å². The van der Waals surface area contributed by atoms with Crippen molar-refractivity contribution in [1.82, 2.24) is 9.97 Å². The van der Waals surface area contributed by atoms with Crippen molar-refractivity contribution in [3.05, 3.63) is 28.8 Å². The molecule has 0 saturated carbocycles. The van der Waals surface area contributed by atoms with E-state index in [1.165, 1.54) is 32.2 Å². The Balaban J connectivity index is 2.62. The minimum absolute atomic E-state index is 0.0528. The van der Waals surface area contributed by atoms with Gasteiger partial charge in [0.05, 0.1) is 5.52 Å². The smallest absolute Gasteiger partial charge is 0.345 e. The third-order valence-corrected chi connectivity index (χ3v) is 2.19. The van der Waals surface area contributed by atoms with Crippen molar-refractivity contribution in [1.29, 1.82) is 0 Å². The van der Waals surface area contributed by atoms with Crippen LogP contribution in [0.2, 0.25) is 0 Å². The summed E-state index contributed by atoms with van der Waals surface area (Å²) in [5.41, 5.74) is -0.103. The molecule has 2 rings (SSSR count). The van der Waals surface area contributed by atoms with Crippen LogP contribution >= 0.6 is 0 Å². The van der Waals surface area contributed by atoms with E-state index in [-0.39, 0.29) is 11.5 Å². The number of esters is 2. The Morgan fingerprint density at radius 3 is 2.26 bits per heavy atom. The number of hydrogen-bond acceptors (Lipinski definition) is 6. The summed E-state index contributed by atoms with van der Waals surface area (Å²) in [6.07, 6.45) is 1.33. The largest absolute Gasteiger partial charge is 0.423 e. The Hall–Kier alpha value is -2.70. The third kappa shape index (κ3) is 2.95. The van der Waals surface area contributed by atoms with Crippen molar-refractivity contribution in [2.24, 2.45) is 0 Å². The number of aromatic nitrogens is 2. The lowest BCUT2D eigenvalue weighted by atomic mass is 10.2. The highest BCUT2D eigenvalue weighted by atomic mass is 16.6. The third-order valence-electron chi connectivity index (χ3n) is 2.19. The molecule has 7 heteroatoms. The molecule has 0 amide bonds. The van der Waals surface area contributed by atoms with Gasteiger partial charge < -0.3 is 14.5 Å². The second kappa shape index (κ2) is 4.89. The molecule has 0 atom stereocenters. The zero-order valence-electron chi connectivity index (χ0n) is 10.2. The Morgan fingerprint density at radius 1 is 1.11 bits per heavy atom. The Labute approximate surface area is 107 Å². The first-order valence-corrected chi connectivity index (χ1v) is 5.35. The molecule has 0 aliphatic rings. The molecule has 2 aromatic rings. The van der Waals surface area contributed by atoms with Crippen LogP contribution in [0, 0.1) is 0 Å². The molecule has 1 heterocycles. The molecular weight excluding hydrogens is 252 g/mol. The number of rotatable bonds is 2. The summed E-state index contributed by atoms with van der Waals surface area (Å²) in [4.78, 5) is 39.2. The zero-order chi connectivity index (χ0) is 14.0. The van der Waals surface area contributed by atoms with E-state index in [0.29, 0.717) is 10.9 Å². The molecule has 0 saturated heterocycles. The highest BCUT2D eigenvalue weighted by Crippen LogP contribution is 2.31. The Bertz CT molecular complexity index is 720. The first kappa shape index (κ1) is 12.7. The minimum Gasteiger partial charge on any atom is -0.423 e. The lowest BCUT2D eigenvalue weighted by Crippen LogP contribution is -2.10. The second-order valence-electron chi connectivity index (χ2n) is 3.76. The molecule has 0 aliphatic carbocycles. The average molecular weight is 262 g/mol. The fraction of sp³-hybridized carbons (Fsp3) is 0.167. The molecule has 0 spiro atoms. The van der Waals surface area contributed by atoms with Gasteiger partial charge in [0, 0.05) is 31.5 Å². The van der Waals surface area contributed by atoms with E-state index in [9.17, 15) is 14.4 Å². The van der Waals surface area contributed by atoms with Gasteiger partial charge in [-0.3, -0.25) is 9.59 Å². The van der Waals surface area contributed by atoms with Gasteiger partial charge in [-0.2, -0.15) is 0 Å². The van der Waals surface area contributed by atoms with Gasteiger partial charge in [-0.1, -0.05) is 0 Å². The number of nitrogens with one attached hydrogen (secondary N) is 1. The van der Waals surface area contributed by atoms with E-state index in [0.717, 1.165) is 0 Å². The predicted molar refractivity (Wildman–Crippen MR) is 65.0 cm³/mol. The summed E-state index contributed by atoms with van der Waals surface area (Å²) >= 11 is 0. The van der Waals surface area contributed by atoms with E-state index in [1.807, 2.05) is 0 Å². The summed E-state index contributed by atoms with van der Waals surface area (Å²) in [7, 11) is 0. The van der Waals surface area contributed by atoms with Gasteiger partial charge in [-0.15, -0.1) is 0 Å². The van der Waals surface area contributed by atoms with Crippen LogP contribution in [0.5, 0.6) is 11.5 Å². The van der Waals surface area contributed by atoms with Gasteiger partial charge in [0.15, 0.2) is 11.5 Å². The van der Waals surface area contributed by atoms with Crippen molar-refractivity contribution >= 4 is 22.8 Å². The van der Waals surface area contributed by atoms with Crippen LogP contribution in [0.3, 0.4) is 0 Å². The summed E-state index contributed by atoms with van der Waals surface area (Å²) < 4.78 is 9.88. The SMILES string of the molecule is CC(=O)Oc1cc2cnc(=O)[nH]c2cc1OC(C)=O.